The highest BCUT2D eigenvalue weighted by Gasteiger charge is 2.19. The van der Waals surface area contributed by atoms with Crippen molar-refractivity contribution in [2.75, 3.05) is 0 Å². The Bertz CT molecular complexity index is 1050. The number of unbranched alkanes of at least 4 members (excludes halogenated alkanes) is 1. The van der Waals surface area contributed by atoms with Crippen molar-refractivity contribution in [2.45, 2.75) is 58.9 Å². The lowest BCUT2D eigenvalue weighted by Crippen LogP contribution is -2.09. The average molecular weight is 420 g/mol. The second-order valence-electron chi connectivity index (χ2n) is 7.83. The van der Waals surface area contributed by atoms with Crippen LogP contribution in [-0.2, 0) is 6.54 Å². The van der Waals surface area contributed by atoms with Gasteiger partial charge < -0.3 is 5.11 Å². The second kappa shape index (κ2) is 10.2. The smallest absolute Gasteiger partial charge is 0.336 e. The predicted molar refractivity (Wildman–Crippen MR) is 121 cm³/mol. The van der Waals surface area contributed by atoms with E-state index in [1.165, 1.54) is 0 Å². The van der Waals surface area contributed by atoms with Crippen LogP contribution in [-0.4, -0.2) is 31.6 Å². The van der Waals surface area contributed by atoms with Crippen molar-refractivity contribution in [3.8, 4) is 11.1 Å². The summed E-state index contributed by atoms with van der Waals surface area (Å²) in [6.45, 7) is 6.75. The maximum Gasteiger partial charge on any atom is 0.336 e. The van der Waals surface area contributed by atoms with Crippen LogP contribution in [0.1, 0.15) is 84.7 Å². The highest BCUT2D eigenvalue weighted by atomic mass is 16.4. The van der Waals surface area contributed by atoms with Gasteiger partial charge in [0.2, 0.25) is 11.6 Å². The molecule has 1 aromatic heterocycles. The zero-order chi connectivity index (χ0) is 22.4. The van der Waals surface area contributed by atoms with Crippen LogP contribution in [0.25, 0.3) is 11.1 Å². The van der Waals surface area contributed by atoms with E-state index in [1.807, 2.05) is 41.1 Å². The van der Waals surface area contributed by atoms with Gasteiger partial charge in [-0.2, -0.15) is 0 Å². The van der Waals surface area contributed by atoms with Crippen LogP contribution in [0.2, 0.25) is 0 Å². The van der Waals surface area contributed by atoms with Gasteiger partial charge in [-0.1, -0.05) is 69.7 Å². The first-order valence-electron chi connectivity index (χ1n) is 10.8. The Morgan fingerprint density at radius 3 is 2.42 bits per heavy atom. The molecule has 31 heavy (non-hydrogen) atoms. The van der Waals surface area contributed by atoms with E-state index in [9.17, 15) is 14.7 Å². The number of nitrogens with zero attached hydrogens (tertiary/aromatic N) is 3. The number of Topliss-reactive ketones (excluding diaryl/α,β-unsaturated/α-hetero) is 1. The summed E-state index contributed by atoms with van der Waals surface area (Å²) >= 11 is 0. The number of hydrogen-bond donors (Lipinski definition) is 1. The fourth-order valence-electron chi connectivity index (χ4n) is 3.47. The fraction of sp³-hybridized carbons (Fsp3) is 0.360. The number of rotatable bonds is 10. The summed E-state index contributed by atoms with van der Waals surface area (Å²) in [6, 6.07) is 14.8. The van der Waals surface area contributed by atoms with Crippen molar-refractivity contribution in [1.29, 1.82) is 0 Å². The molecule has 1 heterocycles. The van der Waals surface area contributed by atoms with Crippen molar-refractivity contribution in [2.24, 2.45) is 0 Å². The van der Waals surface area contributed by atoms with E-state index in [4.69, 9.17) is 0 Å². The number of carboxylic acids is 1. The molecule has 0 aliphatic heterocycles. The molecule has 3 rings (SSSR count). The Labute approximate surface area is 183 Å². The molecular weight excluding hydrogens is 390 g/mol. The molecule has 0 radical (unpaired) electrons. The average Bonchev–Trinajstić information content (AvgIpc) is 3.21. The lowest BCUT2D eigenvalue weighted by atomic mass is 9.99. The monoisotopic (exact) mass is 419 g/mol. The van der Waals surface area contributed by atoms with E-state index in [0.29, 0.717) is 24.4 Å². The summed E-state index contributed by atoms with van der Waals surface area (Å²) in [5.74, 6) is 0.367. The van der Waals surface area contributed by atoms with E-state index in [-0.39, 0.29) is 17.3 Å². The zero-order valence-electron chi connectivity index (χ0n) is 18.3. The van der Waals surface area contributed by atoms with E-state index < -0.39 is 5.97 Å². The fourth-order valence-corrected chi connectivity index (χ4v) is 3.47. The van der Waals surface area contributed by atoms with Crippen LogP contribution in [0, 0.1) is 0 Å². The molecule has 1 unspecified atom stereocenters. The molecule has 0 amide bonds. The van der Waals surface area contributed by atoms with Crippen LogP contribution in [0.3, 0.4) is 0 Å². The van der Waals surface area contributed by atoms with Gasteiger partial charge in [0.1, 0.15) is 5.82 Å². The lowest BCUT2D eigenvalue weighted by Gasteiger charge is -2.11. The molecule has 0 bridgehead atoms. The zero-order valence-corrected chi connectivity index (χ0v) is 18.3. The third kappa shape index (κ3) is 5.26. The van der Waals surface area contributed by atoms with Gasteiger partial charge in [0.15, 0.2) is 0 Å². The Hall–Kier alpha value is -3.28. The van der Waals surface area contributed by atoms with Crippen LogP contribution in [0.5, 0.6) is 0 Å². The normalized spacial score (nSPS) is 12.0. The minimum absolute atomic E-state index is 0.00854. The number of carboxylic acid groups (broad SMARTS) is 1. The first-order chi connectivity index (χ1) is 14.9. The maximum atomic E-state index is 12.4. The van der Waals surface area contributed by atoms with Gasteiger partial charge in [0.25, 0.3) is 0 Å². The summed E-state index contributed by atoms with van der Waals surface area (Å²) in [4.78, 5) is 28.5. The number of benzene rings is 2. The third-order valence-corrected chi connectivity index (χ3v) is 5.52. The SMILES string of the molecule is CCCCC(=O)c1nc(C(C)CC)n(Cc2ccc(-c3ccccc3C(=O)O)cc2)n1. The third-order valence-electron chi connectivity index (χ3n) is 5.52. The summed E-state index contributed by atoms with van der Waals surface area (Å²) in [7, 11) is 0. The highest BCUT2D eigenvalue weighted by Crippen LogP contribution is 2.25. The standard InChI is InChI=1S/C25H29N3O3/c1-4-6-11-22(29)23-26-24(17(3)5-2)28(27-23)16-18-12-14-19(15-13-18)20-9-7-8-10-21(20)25(30)31/h7-10,12-15,17H,4-6,11,16H2,1-3H3,(H,30,31). The Kier molecular flexibility index (Phi) is 7.34. The van der Waals surface area contributed by atoms with Crippen molar-refractivity contribution in [1.82, 2.24) is 14.8 Å². The van der Waals surface area contributed by atoms with Crippen molar-refractivity contribution < 1.29 is 14.7 Å². The first-order valence-corrected chi connectivity index (χ1v) is 10.8. The molecule has 0 saturated heterocycles. The molecule has 1 atom stereocenters. The van der Waals surface area contributed by atoms with Gasteiger partial charge in [0.05, 0.1) is 12.1 Å². The molecule has 0 spiro atoms. The maximum absolute atomic E-state index is 12.4. The number of carbonyl (C=O) groups is 2. The van der Waals surface area contributed by atoms with Crippen LogP contribution >= 0.6 is 0 Å². The number of aromatic carboxylic acids is 1. The highest BCUT2D eigenvalue weighted by molar-refractivity contribution is 5.96. The van der Waals surface area contributed by atoms with Crippen LogP contribution in [0.15, 0.2) is 48.5 Å². The molecule has 3 aromatic rings. The lowest BCUT2D eigenvalue weighted by molar-refractivity contribution is 0.0697. The first kappa shape index (κ1) is 22.4. The molecule has 2 aromatic carbocycles. The van der Waals surface area contributed by atoms with Gasteiger partial charge in [-0.15, -0.1) is 5.10 Å². The topological polar surface area (TPSA) is 85.1 Å². The molecule has 0 aliphatic carbocycles. The molecule has 1 N–H and O–H groups in total. The molecule has 0 aliphatic rings. The molecule has 0 fully saturated rings. The minimum atomic E-state index is -0.944. The van der Waals surface area contributed by atoms with Gasteiger partial charge in [-0.25, -0.2) is 14.5 Å². The van der Waals surface area contributed by atoms with Crippen LogP contribution in [0.4, 0.5) is 0 Å². The summed E-state index contributed by atoms with van der Waals surface area (Å²) in [6.07, 6.45) is 3.18. The van der Waals surface area contributed by atoms with E-state index >= 15 is 0 Å². The largest absolute Gasteiger partial charge is 0.478 e. The molecular formula is C25H29N3O3. The Morgan fingerprint density at radius 2 is 1.77 bits per heavy atom. The quantitative estimate of drug-likeness (QED) is 0.434. The Balaban J connectivity index is 1.86. The van der Waals surface area contributed by atoms with Gasteiger partial charge in [-0.3, -0.25) is 4.79 Å². The van der Waals surface area contributed by atoms with E-state index in [1.54, 1.807) is 12.1 Å². The summed E-state index contributed by atoms with van der Waals surface area (Å²) in [5, 5.41) is 14.0. The molecule has 6 heteroatoms. The molecule has 0 saturated carbocycles. The second-order valence-corrected chi connectivity index (χ2v) is 7.83. The van der Waals surface area contributed by atoms with Crippen molar-refractivity contribution >= 4 is 11.8 Å². The van der Waals surface area contributed by atoms with Crippen LogP contribution < -0.4 is 0 Å². The number of hydrogen-bond acceptors (Lipinski definition) is 4. The van der Waals surface area contributed by atoms with Gasteiger partial charge in [0, 0.05) is 12.3 Å². The summed E-state index contributed by atoms with van der Waals surface area (Å²) < 4.78 is 1.83. The Morgan fingerprint density at radius 1 is 1.06 bits per heavy atom. The summed E-state index contributed by atoms with van der Waals surface area (Å²) in [5.41, 5.74) is 2.82. The van der Waals surface area contributed by atoms with Crippen molar-refractivity contribution in [3.05, 3.63) is 71.3 Å². The number of ketones is 1. The van der Waals surface area contributed by atoms with E-state index in [0.717, 1.165) is 36.2 Å². The van der Waals surface area contributed by atoms with E-state index in [2.05, 4.69) is 30.9 Å². The van der Waals surface area contributed by atoms with Gasteiger partial charge in [-0.05, 0) is 35.6 Å². The minimum Gasteiger partial charge on any atom is -0.478 e. The van der Waals surface area contributed by atoms with Crippen molar-refractivity contribution in [3.63, 3.8) is 0 Å². The molecule has 6 nitrogen and oxygen atoms in total. The predicted octanol–water partition coefficient (Wildman–Crippen LogP) is 5.58. The number of aromatic nitrogens is 3. The number of carbonyl (C=O) groups excluding carboxylic acids is 1. The van der Waals surface area contributed by atoms with Gasteiger partial charge >= 0.3 is 5.97 Å². The molecule has 162 valence electrons.